The van der Waals surface area contributed by atoms with Gasteiger partial charge in [-0.25, -0.2) is 8.42 Å². The molecule has 2 rings (SSSR count). The van der Waals surface area contributed by atoms with Gasteiger partial charge < -0.3 is 15.3 Å². The summed E-state index contributed by atoms with van der Waals surface area (Å²) >= 11 is 0. The third kappa shape index (κ3) is 4.08. The molecule has 0 amide bonds. The van der Waals surface area contributed by atoms with Crippen molar-refractivity contribution in [2.75, 3.05) is 25.9 Å². The summed E-state index contributed by atoms with van der Waals surface area (Å²) in [6, 6.07) is 7.74. The van der Waals surface area contributed by atoms with Crippen molar-refractivity contribution < 1.29 is 13.5 Å². The molecule has 1 heterocycles. The second-order valence-corrected chi connectivity index (χ2v) is 9.56. The van der Waals surface area contributed by atoms with E-state index in [1.165, 1.54) is 0 Å². The maximum atomic E-state index is 12.1. The monoisotopic (exact) mass is 353 g/mol. The van der Waals surface area contributed by atoms with Crippen LogP contribution in [0.5, 0.6) is 0 Å². The zero-order chi connectivity index (χ0) is 18.0. The van der Waals surface area contributed by atoms with Gasteiger partial charge in [0.15, 0.2) is 15.8 Å². The minimum absolute atomic E-state index is 0.143. The van der Waals surface area contributed by atoms with Crippen LogP contribution in [0.1, 0.15) is 38.0 Å². The highest BCUT2D eigenvalue weighted by molar-refractivity contribution is 7.92. The molecule has 1 aromatic carbocycles. The van der Waals surface area contributed by atoms with Crippen LogP contribution < -0.4 is 5.32 Å². The van der Waals surface area contributed by atoms with E-state index in [4.69, 9.17) is 0 Å². The molecule has 1 atom stereocenters. The van der Waals surface area contributed by atoms with Gasteiger partial charge in [-0.3, -0.25) is 4.99 Å². The Bertz CT molecular complexity index is 694. The number of hydrogen-bond acceptors (Lipinski definition) is 4. The van der Waals surface area contributed by atoms with E-state index in [1.54, 1.807) is 27.8 Å². The summed E-state index contributed by atoms with van der Waals surface area (Å²) in [7, 11) is -1.36. The largest absolute Gasteiger partial charge is 0.389 e. The standard InChI is InChI=1S/C17H27N3O3S/c1-13(21)15-7-5-14(6-8-15)11-19-16(18-4)20-9-10-24(22,23)17(2,3)12-20/h5-8,13,21H,9-12H2,1-4H3,(H,18,19). The highest BCUT2D eigenvalue weighted by Crippen LogP contribution is 2.23. The number of rotatable bonds is 3. The lowest BCUT2D eigenvalue weighted by atomic mass is 10.1. The van der Waals surface area contributed by atoms with Crippen molar-refractivity contribution in [3.63, 3.8) is 0 Å². The van der Waals surface area contributed by atoms with E-state index in [1.807, 2.05) is 29.2 Å². The first-order valence-corrected chi connectivity index (χ1v) is 9.76. The van der Waals surface area contributed by atoms with E-state index in [2.05, 4.69) is 10.3 Å². The van der Waals surface area contributed by atoms with Gasteiger partial charge in [0.2, 0.25) is 0 Å². The number of nitrogens with one attached hydrogen (secondary N) is 1. The van der Waals surface area contributed by atoms with E-state index in [0.29, 0.717) is 25.6 Å². The fraction of sp³-hybridized carbons (Fsp3) is 0.588. The van der Waals surface area contributed by atoms with Gasteiger partial charge >= 0.3 is 0 Å². The molecular weight excluding hydrogens is 326 g/mol. The molecule has 0 spiro atoms. The van der Waals surface area contributed by atoms with E-state index in [9.17, 15) is 13.5 Å². The van der Waals surface area contributed by atoms with Crippen molar-refractivity contribution >= 4 is 15.8 Å². The molecule has 0 radical (unpaired) electrons. The number of aliphatic imine (C=N–C) groups is 1. The summed E-state index contributed by atoms with van der Waals surface area (Å²) < 4.78 is 23.5. The summed E-state index contributed by atoms with van der Waals surface area (Å²) in [5.74, 6) is 0.849. The van der Waals surface area contributed by atoms with Crippen LogP contribution in [0, 0.1) is 0 Å². The highest BCUT2D eigenvalue weighted by atomic mass is 32.2. The van der Waals surface area contributed by atoms with Gasteiger partial charge in [-0.2, -0.15) is 0 Å². The Hall–Kier alpha value is -1.60. The molecule has 1 fully saturated rings. The van der Waals surface area contributed by atoms with Gasteiger partial charge in [0.05, 0.1) is 16.6 Å². The van der Waals surface area contributed by atoms with Gasteiger partial charge in [0, 0.05) is 26.7 Å². The molecule has 0 aliphatic carbocycles. The number of benzene rings is 1. The lowest BCUT2D eigenvalue weighted by Crippen LogP contribution is -2.57. The molecule has 1 unspecified atom stereocenters. The summed E-state index contributed by atoms with van der Waals surface area (Å²) in [6.45, 7) is 6.73. The quantitative estimate of drug-likeness (QED) is 0.633. The first-order chi connectivity index (χ1) is 11.2. The predicted octanol–water partition coefficient (Wildman–Crippen LogP) is 1.32. The molecule has 24 heavy (non-hydrogen) atoms. The Balaban J connectivity index is 2.00. The van der Waals surface area contributed by atoms with Crippen molar-refractivity contribution in [1.29, 1.82) is 0 Å². The first kappa shape index (κ1) is 18.7. The minimum Gasteiger partial charge on any atom is -0.389 e. The normalized spacial score (nSPS) is 21.4. The number of nitrogens with zero attached hydrogens (tertiary/aromatic N) is 2. The number of aliphatic hydroxyl groups is 1. The predicted molar refractivity (Wildman–Crippen MR) is 96.7 cm³/mol. The summed E-state index contributed by atoms with van der Waals surface area (Å²) in [5, 5.41) is 12.8. The zero-order valence-corrected chi connectivity index (χ0v) is 15.6. The van der Waals surface area contributed by atoms with E-state index in [0.717, 1.165) is 11.1 Å². The maximum absolute atomic E-state index is 12.1. The Morgan fingerprint density at radius 2 is 2.00 bits per heavy atom. The summed E-state index contributed by atoms with van der Waals surface area (Å²) in [4.78, 5) is 6.27. The van der Waals surface area contributed by atoms with E-state index < -0.39 is 20.7 Å². The molecule has 1 aromatic rings. The molecule has 134 valence electrons. The average molecular weight is 353 g/mol. The van der Waals surface area contributed by atoms with Gasteiger partial charge in [0.25, 0.3) is 0 Å². The Morgan fingerprint density at radius 1 is 1.38 bits per heavy atom. The van der Waals surface area contributed by atoms with Crippen LogP contribution in [-0.4, -0.2) is 55.0 Å². The lowest BCUT2D eigenvalue weighted by molar-refractivity contribution is 0.199. The molecule has 1 saturated heterocycles. The Labute approximate surface area is 144 Å². The van der Waals surface area contributed by atoms with Crippen molar-refractivity contribution in [1.82, 2.24) is 10.2 Å². The van der Waals surface area contributed by atoms with Gasteiger partial charge in [0.1, 0.15) is 0 Å². The lowest BCUT2D eigenvalue weighted by Gasteiger charge is -2.39. The molecule has 0 aromatic heterocycles. The van der Waals surface area contributed by atoms with Gasteiger partial charge in [-0.1, -0.05) is 24.3 Å². The van der Waals surface area contributed by atoms with Crippen LogP contribution >= 0.6 is 0 Å². The molecule has 1 aliphatic rings. The fourth-order valence-corrected chi connectivity index (χ4v) is 4.12. The van der Waals surface area contributed by atoms with Crippen molar-refractivity contribution in [2.24, 2.45) is 4.99 Å². The molecule has 2 N–H and O–H groups in total. The number of guanidine groups is 1. The van der Waals surface area contributed by atoms with E-state index in [-0.39, 0.29) is 5.75 Å². The second-order valence-electron chi connectivity index (χ2n) is 6.82. The van der Waals surface area contributed by atoms with Crippen LogP contribution in [-0.2, 0) is 16.4 Å². The molecule has 0 bridgehead atoms. The number of aliphatic hydroxyl groups excluding tert-OH is 1. The molecule has 7 heteroatoms. The van der Waals surface area contributed by atoms with Crippen LogP contribution in [0.2, 0.25) is 0 Å². The molecule has 1 aliphatic heterocycles. The number of sulfone groups is 1. The topological polar surface area (TPSA) is 82.0 Å². The number of hydrogen-bond donors (Lipinski definition) is 2. The van der Waals surface area contributed by atoms with E-state index >= 15 is 0 Å². The molecule has 6 nitrogen and oxygen atoms in total. The zero-order valence-electron chi connectivity index (χ0n) is 14.8. The molecule has 0 saturated carbocycles. The van der Waals surface area contributed by atoms with Crippen molar-refractivity contribution in [3.8, 4) is 0 Å². The van der Waals surface area contributed by atoms with Gasteiger partial charge in [-0.15, -0.1) is 0 Å². The summed E-state index contributed by atoms with van der Waals surface area (Å²) in [6.07, 6.45) is -0.475. The van der Waals surface area contributed by atoms with Gasteiger partial charge in [-0.05, 0) is 31.9 Å². The third-order valence-corrected chi connectivity index (χ3v) is 7.00. The average Bonchev–Trinajstić information content (AvgIpc) is 2.51. The Morgan fingerprint density at radius 3 is 2.50 bits per heavy atom. The van der Waals surface area contributed by atoms with Crippen LogP contribution in [0.25, 0.3) is 0 Å². The Kier molecular flexibility index (Phi) is 5.55. The first-order valence-electron chi connectivity index (χ1n) is 8.11. The molecular formula is C17H27N3O3S. The van der Waals surface area contributed by atoms with Crippen LogP contribution in [0.4, 0.5) is 0 Å². The minimum atomic E-state index is -3.06. The second kappa shape index (κ2) is 7.11. The SMILES string of the molecule is CN=C(NCc1ccc(C(C)O)cc1)N1CCS(=O)(=O)C(C)(C)C1. The van der Waals surface area contributed by atoms with Crippen molar-refractivity contribution in [2.45, 2.75) is 38.2 Å². The van der Waals surface area contributed by atoms with Crippen LogP contribution in [0.3, 0.4) is 0 Å². The smallest absolute Gasteiger partial charge is 0.193 e. The summed E-state index contributed by atoms with van der Waals surface area (Å²) in [5.41, 5.74) is 1.95. The fourth-order valence-electron chi connectivity index (χ4n) is 2.75. The van der Waals surface area contributed by atoms with Crippen molar-refractivity contribution in [3.05, 3.63) is 35.4 Å². The van der Waals surface area contributed by atoms with Crippen LogP contribution in [0.15, 0.2) is 29.3 Å². The third-order valence-electron chi connectivity index (χ3n) is 4.47. The maximum Gasteiger partial charge on any atom is 0.193 e. The highest BCUT2D eigenvalue weighted by Gasteiger charge is 2.40.